The van der Waals surface area contributed by atoms with Gasteiger partial charge in [-0.2, -0.15) is 0 Å². The highest BCUT2D eigenvalue weighted by atomic mass is 16.3. The highest BCUT2D eigenvalue weighted by Crippen LogP contribution is 2.64. The van der Waals surface area contributed by atoms with Crippen LogP contribution in [0.3, 0.4) is 0 Å². The van der Waals surface area contributed by atoms with Crippen LogP contribution in [0.4, 0.5) is 0 Å². The van der Waals surface area contributed by atoms with Crippen molar-refractivity contribution in [2.45, 2.75) is 5.41 Å². The van der Waals surface area contributed by atoms with Gasteiger partial charge in [-0.15, -0.1) is 0 Å². The summed E-state index contributed by atoms with van der Waals surface area (Å²) < 4.78 is 6.48. The number of fused-ring (bicyclic) bond motifs is 15. The van der Waals surface area contributed by atoms with E-state index in [0.717, 1.165) is 21.9 Å². The minimum absolute atomic E-state index is 0.476. The molecule has 240 valence electrons. The van der Waals surface area contributed by atoms with E-state index in [1.807, 2.05) is 0 Å². The average molecular weight is 659 g/mol. The van der Waals surface area contributed by atoms with E-state index in [4.69, 9.17) is 4.42 Å². The average Bonchev–Trinajstić information content (AvgIpc) is 3.82. The Morgan fingerprint density at radius 3 is 1.46 bits per heavy atom. The fraction of sp³-hybridized carbons (Fsp3) is 0.0196. The fourth-order valence-electron chi connectivity index (χ4n) is 9.87. The first-order valence-corrected chi connectivity index (χ1v) is 18.1. The molecular formula is C51H30O. The van der Waals surface area contributed by atoms with Crippen molar-refractivity contribution in [1.82, 2.24) is 0 Å². The summed E-state index contributed by atoms with van der Waals surface area (Å²) in [5, 5.41) is 7.39. The summed E-state index contributed by atoms with van der Waals surface area (Å²) in [5.74, 6) is 0. The van der Waals surface area contributed by atoms with Crippen LogP contribution in [0.1, 0.15) is 22.3 Å². The van der Waals surface area contributed by atoms with Gasteiger partial charge in [0.15, 0.2) is 0 Å². The van der Waals surface area contributed by atoms with Gasteiger partial charge in [0.2, 0.25) is 0 Å². The highest BCUT2D eigenvalue weighted by molar-refractivity contribution is 6.21. The van der Waals surface area contributed by atoms with Crippen molar-refractivity contribution in [2.24, 2.45) is 0 Å². The third kappa shape index (κ3) is 3.48. The molecule has 0 bridgehead atoms. The molecule has 2 aliphatic rings. The number of para-hydroxylation sites is 1. The van der Waals surface area contributed by atoms with E-state index >= 15 is 0 Å². The molecule has 0 aliphatic heterocycles. The molecule has 1 atom stereocenters. The summed E-state index contributed by atoms with van der Waals surface area (Å²) in [7, 11) is 0. The van der Waals surface area contributed by atoms with Crippen LogP contribution in [0.5, 0.6) is 0 Å². The monoisotopic (exact) mass is 658 g/mol. The van der Waals surface area contributed by atoms with Crippen LogP contribution >= 0.6 is 0 Å². The minimum atomic E-state index is -0.476. The van der Waals surface area contributed by atoms with E-state index in [1.165, 1.54) is 88.3 Å². The third-order valence-corrected chi connectivity index (χ3v) is 11.9. The lowest BCUT2D eigenvalue weighted by molar-refractivity contribution is 0.669. The molecule has 1 aromatic heterocycles. The van der Waals surface area contributed by atoms with Crippen molar-refractivity contribution >= 4 is 43.5 Å². The Hall–Kier alpha value is -6.70. The van der Waals surface area contributed by atoms with Gasteiger partial charge >= 0.3 is 0 Å². The maximum absolute atomic E-state index is 6.48. The molecule has 0 radical (unpaired) electrons. The van der Waals surface area contributed by atoms with Crippen molar-refractivity contribution in [2.75, 3.05) is 0 Å². The van der Waals surface area contributed by atoms with Crippen LogP contribution in [-0.2, 0) is 5.41 Å². The van der Waals surface area contributed by atoms with Gasteiger partial charge in [0.25, 0.3) is 0 Å². The number of benzene rings is 9. The molecule has 0 amide bonds. The number of hydrogen-bond acceptors (Lipinski definition) is 1. The lowest BCUT2D eigenvalue weighted by Gasteiger charge is -2.31. The molecule has 0 saturated heterocycles. The normalized spacial score (nSPS) is 15.4. The zero-order valence-corrected chi connectivity index (χ0v) is 28.2. The second-order valence-electron chi connectivity index (χ2n) is 14.3. The second-order valence-corrected chi connectivity index (χ2v) is 14.3. The Bertz CT molecular complexity index is 3070. The van der Waals surface area contributed by atoms with Gasteiger partial charge in [-0.1, -0.05) is 158 Å². The van der Waals surface area contributed by atoms with Crippen molar-refractivity contribution in [1.29, 1.82) is 0 Å². The van der Waals surface area contributed by atoms with Crippen molar-refractivity contribution in [3.63, 3.8) is 0 Å². The van der Waals surface area contributed by atoms with Gasteiger partial charge in [0.05, 0.1) is 5.41 Å². The Morgan fingerprint density at radius 2 is 0.788 bits per heavy atom. The molecule has 0 N–H and O–H groups in total. The standard InChI is InChI=1S/C51H30O/c1-2-14-31(15-3-1)49-37-19-4-6-21-39(37)50(40-22-7-5-20-38(40)49)32-26-27-35-33-16-8-11-23-43(33)51(45(35)28-32)44-24-12-9-17-34(44)41-30-48-42(29-46(41)51)36-18-10-13-25-47(36)52-48/h1-30H. The summed E-state index contributed by atoms with van der Waals surface area (Å²) in [6.07, 6.45) is 0. The molecule has 0 saturated carbocycles. The van der Waals surface area contributed by atoms with Gasteiger partial charge < -0.3 is 4.42 Å². The van der Waals surface area contributed by atoms with Crippen LogP contribution in [0, 0.1) is 0 Å². The SMILES string of the molecule is c1ccc(-c2c3ccccc3c(-c3ccc4c(c3)C3(c5ccccc5-4)c4ccccc4-c4cc5oc6ccccc6c5cc43)c3ccccc23)cc1. The molecule has 1 heterocycles. The zero-order valence-electron chi connectivity index (χ0n) is 28.2. The van der Waals surface area contributed by atoms with E-state index in [2.05, 4.69) is 182 Å². The van der Waals surface area contributed by atoms with Gasteiger partial charge in [-0.25, -0.2) is 0 Å². The summed E-state index contributed by atoms with van der Waals surface area (Å²) in [6.45, 7) is 0. The molecule has 10 aromatic rings. The Labute approximate surface area is 301 Å². The van der Waals surface area contributed by atoms with Crippen LogP contribution in [0.25, 0.3) is 88.0 Å². The molecule has 1 heteroatoms. The Morgan fingerprint density at radius 1 is 0.288 bits per heavy atom. The number of hydrogen-bond donors (Lipinski definition) is 0. The lowest BCUT2D eigenvalue weighted by atomic mass is 9.70. The third-order valence-electron chi connectivity index (χ3n) is 11.9. The minimum Gasteiger partial charge on any atom is -0.456 e. The fourth-order valence-corrected chi connectivity index (χ4v) is 9.87. The predicted octanol–water partition coefficient (Wildman–Crippen LogP) is 13.6. The van der Waals surface area contributed by atoms with E-state index in [9.17, 15) is 0 Å². The Balaban J connectivity index is 1.21. The summed E-state index contributed by atoms with van der Waals surface area (Å²) >= 11 is 0. The van der Waals surface area contributed by atoms with Crippen LogP contribution in [0.15, 0.2) is 186 Å². The van der Waals surface area contributed by atoms with Gasteiger partial charge in [0, 0.05) is 10.8 Å². The van der Waals surface area contributed by atoms with Crippen molar-refractivity contribution in [3.8, 4) is 44.5 Å². The zero-order chi connectivity index (χ0) is 34.0. The molecule has 52 heavy (non-hydrogen) atoms. The summed E-state index contributed by atoms with van der Waals surface area (Å²) in [5.41, 5.74) is 16.9. The molecule has 1 spiro atoms. The molecule has 1 unspecified atom stereocenters. The highest BCUT2D eigenvalue weighted by Gasteiger charge is 2.52. The molecular weight excluding hydrogens is 629 g/mol. The van der Waals surface area contributed by atoms with Gasteiger partial charge in [-0.3, -0.25) is 0 Å². The molecule has 9 aromatic carbocycles. The largest absolute Gasteiger partial charge is 0.456 e. The summed E-state index contributed by atoms with van der Waals surface area (Å²) in [6, 6.07) is 67.3. The predicted molar refractivity (Wildman–Crippen MR) is 216 cm³/mol. The topological polar surface area (TPSA) is 13.1 Å². The summed E-state index contributed by atoms with van der Waals surface area (Å²) in [4.78, 5) is 0. The molecule has 0 fully saturated rings. The number of rotatable bonds is 2. The maximum Gasteiger partial charge on any atom is 0.136 e. The molecule has 1 nitrogen and oxygen atoms in total. The van der Waals surface area contributed by atoms with Gasteiger partial charge in [0.1, 0.15) is 11.2 Å². The Kier molecular flexibility index (Phi) is 5.49. The quantitative estimate of drug-likeness (QED) is 0.169. The first-order valence-electron chi connectivity index (χ1n) is 18.1. The number of furan rings is 1. The van der Waals surface area contributed by atoms with E-state index in [-0.39, 0.29) is 0 Å². The molecule has 2 aliphatic carbocycles. The van der Waals surface area contributed by atoms with Crippen LogP contribution in [0.2, 0.25) is 0 Å². The smallest absolute Gasteiger partial charge is 0.136 e. The molecule has 12 rings (SSSR count). The van der Waals surface area contributed by atoms with Crippen molar-refractivity contribution < 1.29 is 4.42 Å². The first-order chi connectivity index (χ1) is 25.8. The lowest BCUT2D eigenvalue weighted by Crippen LogP contribution is -2.25. The first kappa shape index (κ1) is 28.0. The second kappa shape index (κ2) is 10.2. The van der Waals surface area contributed by atoms with Crippen molar-refractivity contribution in [3.05, 3.63) is 204 Å². The van der Waals surface area contributed by atoms with E-state index in [1.54, 1.807) is 0 Å². The maximum atomic E-state index is 6.48. The van der Waals surface area contributed by atoms with Gasteiger partial charge in [-0.05, 0) is 113 Å². The van der Waals surface area contributed by atoms with Crippen LogP contribution < -0.4 is 0 Å². The van der Waals surface area contributed by atoms with Crippen LogP contribution in [-0.4, -0.2) is 0 Å². The van der Waals surface area contributed by atoms with E-state index < -0.39 is 5.41 Å². The van der Waals surface area contributed by atoms with E-state index in [0.29, 0.717) is 0 Å².